The molecule has 0 heterocycles. The van der Waals surface area contributed by atoms with Gasteiger partial charge in [0, 0.05) is 11.1 Å². The molecular weight excluding hydrogens is 266 g/mol. The molecule has 21 heavy (non-hydrogen) atoms. The normalized spacial score (nSPS) is 11.2. The van der Waals surface area contributed by atoms with Crippen LogP contribution in [-0.4, -0.2) is 12.3 Å². The van der Waals surface area contributed by atoms with E-state index in [1.165, 1.54) is 0 Å². The van der Waals surface area contributed by atoms with Gasteiger partial charge in [0.2, 0.25) is 0 Å². The molecular formula is C17H10NO3. The lowest BCUT2D eigenvalue weighted by atomic mass is 9.90. The Morgan fingerprint density at radius 2 is 1.62 bits per heavy atom. The SMILES string of the molecule is N#CC(C([O])=O)=C(c1ccccc1)c1ccccc1C=O. The highest BCUT2D eigenvalue weighted by molar-refractivity contribution is 6.06. The smallest absolute Gasteiger partial charge is 0.298 e. The Labute approximate surface area is 121 Å². The molecule has 0 bridgehead atoms. The molecule has 0 saturated heterocycles. The van der Waals surface area contributed by atoms with Crippen molar-refractivity contribution in [1.82, 2.24) is 0 Å². The van der Waals surface area contributed by atoms with E-state index in [0.29, 0.717) is 23.0 Å². The Morgan fingerprint density at radius 1 is 1.00 bits per heavy atom. The third-order valence-corrected chi connectivity index (χ3v) is 2.99. The average Bonchev–Trinajstić information content (AvgIpc) is 2.53. The number of rotatable bonds is 4. The van der Waals surface area contributed by atoms with E-state index in [9.17, 15) is 14.7 Å². The first kappa shape index (κ1) is 14.2. The van der Waals surface area contributed by atoms with Crippen LogP contribution in [0, 0.1) is 11.3 Å². The highest BCUT2D eigenvalue weighted by Gasteiger charge is 2.20. The van der Waals surface area contributed by atoms with Gasteiger partial charge in [-0.25, -0.2) is 9.90 Å². The molecule has 0 aliphatic heterocycles. The fourth-order valence-electron chi connectivity index (χ4n) is 2.07. The maximum absolute atomic E-state index is 11.2. The van der Waals surface area contributed by atoms with Crippen LogP contribution in [0.4, 0.5) is 0 Å². The lowest BCUT2D eigenvalue weighted by molar-refractivity contribution is -0.137. The molecule has 2 rings (SSSR count). The third-order valence-electron chi connectivity index (χ3n) is 2.99. The summed E-state index contributed by atoms with van der Waals surface area (Å²) in [6.45, 7) is 0. The molecule has 0 saturated carbocycles. The van der Waals surface area contributed by atoms with Crippen molar-refractivity contribution < 1.29 is 14.7 Å². The molecule has 2 aromatic carbocycles. The summed E-state index contributed by atoms with van der Waals surface area (Å²) < 4.78 is 0. The molecule has 0 spiro atoms. The van der Waals surface area contributed by atoms with Crippen LogP contribution in [0.5, 0.6) is 0 Å². The summed E-state index contributed by atoms with van der Waals surface area (Å²) in [7, 11) is 0. The standard InChI is InChI=1S/C17H10NO3/c18-10-15(17(20)21)16(12-6-2-1-3-7-12)14-9-5-4-8-13(14)11-19/h1-9,11H. The zero-order valence-electron chi connectivity index (χ0n) is 10.9. The van der Waals surface area contributed by atoms with E-state index >= 15 is 0 Å². The number of hydrogen-bond acceptors (Lipinski definition) is 3. The lowest BCUT2D eigenvalue weighted by Gasteiger charge is -2.11. The summed E-state index contributed by atoms with van der Waals surface area (Å²) in [4.78, 5) is 22.4. The average molecular weight is 276 g/mol. The highest BCUT2D eigenvalue weighted by Crippen LogP contribution is 2.29. The molecule has 0 unspecified atom stereocenters. The number of aldehydes is 1. The Hall–Kier alpha value is -3.19. The lowest BCUT2D eigenvalue weighted by Crippen LogP contribution is -2.04. The van der Waals surface area contributed by atoms with Gasteiger partial charge in [-0.2, -0.15) is 5.26 Å². The van der Waals surface area contributed by atoms with E-state index in [2.05, 4.69) is 0 Å². The summed E-state index contributed by atoms with van der Waals surface area (Å²) in [6, 6.07) is 16.7. The van der Waals surface area contributed by atoms with Gasteiger partial charge in [0.25, 0.3) is 0 Å². The van der Waals surface area contributed by atoms with Crippen molar-refractivity contribution in [2.45, 2.75) is 0 Å². The third kappa shape index (κ3) is 2.88. The maximum atomic E-state index is 11.2. The van der Waals surface area contributed by atoms with Crippen LogP contribution in [0.2, 0.25) is 0 Å². The van der Waals surface area contributed by atoms with Gasteiger partial charge in [0.1, 0.15) is 11.6 Å². The molecule has 4 heteroatoms. The first-order valence-corrected chi connectivity index (χ1v) is 6.14. The van der Waals surface area contributed by atoms with Gasteiger partial charge >= 0.3 is 5.97 Å². The van der Waals surface area contributed by atoms with Crippen LogP contribution in [-0.2, 0) is 9.90 Å². The molecule has 0 amide bonds. The second-order valence-electron chi connectivity index (χ2n) is 4.22. The second-order valence-corrected chi connectivity index (χ2v) is 4.22. The van der Waals surface area contributed by atoms with Crippen molar-refractivity contribution in [3.05, 3.63) is 76.9 Å². The molecule has 2 aromatic rings. The van der Waals surface area contributed by atoms with Crippen LogP contribution in [0.1, 0.15) is 21.5 Å². The van der Waals surface area contributed by atoms with Crippen molar-refractivity contribution in [2.75, 3.05) is 0 Å². The van der Waals surface area contributed by atoms with E-state index in [1.807, 2.05) is 0 Å². The van der Waals surface area contributed by atoms with Crippen molar-refractivity contribution in [3.8, 4) is 6.07 Å². The van der Waals surface area contributed by atoms with E-state index in [1.54, 1.807) is 60.7 Å². The first-order valence-electron chi connectivity index (χ1n) is 6.14. The monoisotopic (exact) mass is 276 g/mol. The molecule has 0 aliphatic carbocycles. The van der Waals surface area contributed by atoms with Crippen molar-refractivity contribution in [2.24, 2.45) is 0 Å². The zero-order valence-corrected chi connectivity index (χ0v) is 10.9. The van der Waals surface area contributed by atoms with E-state index in [4.69, 9.17) is 5.26 Å². The minimum absolute atomic E-state index is 0.181. The maximum Gasteiger partial charge on any atom is 0.397 e. The van der Waals surface area contributed by atoms with Gasteiger partial charge in [-0.15, -0.1) is 0 Å². The molecule has 1 radical (unpaired) electrons. The summed E-state index contributed by atoms with van der Waals surface area (Å²) in [5, 5.41) is 20.4. The summed E-state index contributed by atoms with van der Waals surface area (Å²) in [5.41, 5.74) is 0.911. The molecule has 0 atom stereocenters. The number of nitrogens with zero attached hydrogens (tertiary/aromatic N) is 1. The van der Waals surface area contributed by atoms with Crippen molar-refractivity contribution in [1.29, 1.82) is 5.26 Å². The fraction of sp³-hybridized carbons (Fsp3) is 0. The number of carbonyl (C=O) groups excluding carboxylic acids is 2. The van der Waals surface area contributed by atoms with Gasteiger partial charge in [-0.1, -0.05) is 54.6 Å². The topological polar surface area (TPSA) is 77.8 Å². The first-order chi connectivity index (χ1) is 10.2. The van der Waals surface area contributed by atoms with Crippen LogP contribution in [0.25, 0.3) is 5.57 Å². The minimum atomic E-state index is -1.57. The number of hydrogen-bond donors (Lipinski definition) is 0. The van der Waals surface area contributed by atoms with Gasteiger partial charge in [-0.05, 0) is 11.1 Å². The predicted octanol–water partition coefficient (Wildman–Crippen LogP) is 2.78. The highest BCUT2D eigenvalue weighted by atomic mass is 16.4. The Kier molecular flexibility index (Phi) is 4.27. The molecule has 4 nitrogen and oxygen atoms in total. The summed E-state index contributed by atoms with van der Waals surface area (Å²) in [5.74, 6) is -1.57. The molecule has 0 aromatic heterocycles. The molecule has 101 valence electrons. The fourth-order valence-corrected chi connectivity index (χ4v) is 2.07. The van der Waals surface area contributed by atoms with Crippen molar-refractivity contribution >= 4 is 17.8 Å². The van der Waals surface area contributed by atoms with Gasteiger partial charge in [-0.3, -0.25) is 4.79 Å². The number of nitriles is 1. The van der Waals surface area contributed by atoms with Gasteiger partial charge in [0.15, 0.2) is 6.29 Å². The minimum Gasteiger partial charge on any atom is -0.298 e. The van der Waals surface area contributed by atoms with Crippen molar-refractivity contribution in [3.63, 3.8) is 0 Å². The quantitative estimate of drug-likeness (QED) is 0.489. The zero-order chi connectivity index (χ0) is 15.2. The van der Waals surface area contributed by atoms with Gasteiger partial charge < -0.3 is 0 Å². The molecule has 0 fully saturated rings. The Balaban J connectivity index is 2.84. The summed E-state index contributed by atoms with van der Waals surface area (Å²) >= 11 is 0. The van der Waals surface area contributed by atoms with E-state index in [-0.39, 0.29) is 5.57 Å². The van der Waals surface area contributed by atoms with Crippen LogP contribution in [0.3, 0.4) is 0 Å². The van der Waals surface area contributed by atoms with Crippen LogP contribution in [0.15, 0.2) is 60.2 Å². The molecule has 0 aliphatic rings. The Bertz CT molecular complexity index is 755. The second kappa shape index (κ2) is 6.31. The van der Waals surface area contributed by atoms with E-state index in [0.717, 1.165) is 0 Å². The largest absolute Gasteiger partial charge is 0.397 e. The Morgan fingerprint density at radius 3 is 2.19 bits per heavy atom. The molecule has 0 N–H and O–H groups in total. The summed E-state index contributed by atoms with van der Waals surface area (Å²) in [6.07, 6.45) is 0.628. The van der Waals surface area contributed by atoms with Crippen LogP contribution < -0.4 is 0 Å². The van der Waals surface area contributed by atoms with Crippen LogP contribution >= 0.6 is 0 Å². The van der Waals surface area contributed by atoms with E-state index < -0.39 is 11.5 Å². The number of benzene rings is 2. The predicted molar refractivity (Wildman–Crippen MR) is 75.6 cm³/mol. The van der Waals surface area contributed by atoms with Gasteiger partial charge in [0.05, 0.1) is 0 Å². The number of carbonyl (C=O) groups is 2.